The number of halogens is 2. The van der Waals surface area contributed by atoms with Crippen LogP contribution < -0.4 is 0 Å². The second-order valence-electron chi connectivity index (χ2n) is 4.87. The zero-order valence-electron chi connectivity index (χ0n) is 10.4. The van der Waals surface area contributed by atoms with Gasteiger partial charge in [0.1, 0.15) is 0 Å². The van der Waals surface area contributed by atoms with Crippen molar-refractivity contribution in [1.29, 1.82) is 0 Å². The molecule has 1 aliphatic rings. The Morgan fingerprint density at radius 3 is 2.47 bits per heavy atom. The highest BCUT2D eigenvalue weighted by Crippen LogP contribution is 2.28. The first kappa shape index (κ1) is 14.6. The third-order valence-corrected chi connectivity index (χ3v) is 4.23. The van der Waals surface area contributed by atoms with Crippen molar-refractivity contribution in [3.63, 3.8) is 0 Å². The van der Waals surface area contributed by atoms with Crippen molar-refractivity contribution in [1.82, 2.24) is 0 Å². The van der Waals surface area contributed by atoms with Gasteiger partial charge in [-0.25, -0.2) is 0 Å². The summed E-state index contributed by atoms with van der Waals surface area (Å²) in [6.07, 6.45) is 3.14. The normalized spacial score (nSPS) is 23.3. The van der Waals surface area contributed by atoms with E-state index in [0.29, 0.717) is 29.5 Å². The molecule has 1 aromatic carbocycles. The summed E-state index contributed by atoms with van der Waals surface area (Å²) < 4.78 is 5.80. The largest absolute Gasteiger partial charge is 0.481 e. The van der Waals surface area contributed by atoms with Crippen LogP contribution in [-0.4, -0.2) is 17.2 Å². The topological polar surface area (TPSA) is 46.5 Å². The van der Waals surface area contributed by atoms with Gasteiger partial charge in [-0.2, -0.15) is 0 Å². The lowest BCUT2D eigenvalue weighted by molar-refractivity contribution is -0.143. The SMILES string of the molecule is O=C(O)C1CCC(OCc2ccc(Cl)c(Cl)c2)CC1. The lowest BCUT2D eigenvalue weighted by Gasteiger charge is -2.26. The summed E-state index contributed by atoms with van der Waals surface area (Å²) in [4.78, 5) is 10.8. The van der Waals surface area contributed by atoms with Crippen LogP contribution in [0.5, 0.6) is 0 Å². The molecule has 1 fully saturated rings. The quantitative estimate of drug-likeness (QED) is 0.908. The molecule has 0 bridgehead atoms. The molecule has 0 atom stereocenters. The van der Waals surface area contributed by atoms with Crippen LogP contribution >= 0.6 is 23.2 Å². The minimum Gasteiger partial charge on any atom is -0.481 e. The van der Waals surface area contributed by atoms with Crippen molar-refractivity contribution in [2.75, 3.05) is 0 Å². The van der Waals surface area contributed by atoms with Gasteiger partial charge in [-0.05, 0) is 43.4 Å². The molecule has 0 aromatic heterocycles. The van der Waals surface area contributed by atoms with E-state index in [0.717, 1.165) is 18.4 Å². The molecule has 0 unspecified atom stereocenters. The molecule has 0 saturated heterocycles. The predicted octanol–water partition coefficient (Wildman–Crippen LogP) is 4.15. The summed E-state index contributed by atoms with van der Waals surface area (Å²) >= 11 is 11.8. The van der Waals surface area contributed by atoms with Crippen molar-refractivity contribution < 1.29 is 14.6 Å². The molecule has 0 heterocycles. The van der Waals surface area contributed by atoms with Crippen LogP contribution in [0.15, 0.2) is 18.2 Å². The zero-order chi connectivity index (χ0) is 13.8. The van der Waals surface area contributed by atoms with Gasteiger partial charge in [0.05, 0.1) is 28.7 Å². The third-order valence-electron chi connectivity index (χ3n) is 3.49. The fourth-order valence-electron chi connectivity index (χ4n) is 2.32. The lowest BCUT2D eigenvalue weighted by atomic mass is 9.87. The number of ether oxygens (including phenoxy) is 1. The van der Waals surface area contributed by atoms with Gasteiger partial charge in [0.25, 0.3) is 0 Å². The number of hydrogen-bond acceptors (Lipinski definition) is 2. The maximum absolute atomic E-state index is 10.8. The molecule has 1 aromatic rings. The van der Waals surface area contributed by atoms with Crippen LogP contribution in [0.4, 0.5) is 0 Å². The van der Waals surface area contributed by atoms with Crippen molar-refractivity contribution in [3.05, 3.63) is 33.8 Å². The van der Waals surface area contributed by atoms with E-state index in [1.54, 1.807) is 12.1 Å². The smallest absolute Gasteiger partial charge is 0.306 e. The molecular formula is C14H16Cl2O3. The van der Waals surface area contributed by atoms with Gasteiger partial charge in [-0.3, -0.25) is 4.79 Å². The van der Waals surface area contributed by atoms with Crippen LogP contribution in [0.25, 0.3) is 0 Å². The average molecular weight is 303 g/mol. The molecule has 0 amide bonds. The average Bonchev–Trinajstić information content (AvgIpc) is 2.40. The molecule has 1 aliphatic carbocycles. The standard InChI is InChI=1S/C14H16Cl2O3/c15-12-6-1-9(7-13(12)16)8-19-11-4-2-10(3-5-11)14(17)18/h1,6-7,10-11H,2-5,8H2,(H,17,18). The third kappa shape index (κ3) is 4.10. The highest BCUT2D eigenvalue weighted by atomic mass is 35.5. The van der Waals surface area contributed by atoms with Crippen molar-refractivity contribution in [2.24, 2.45) is 5.92 Å². The van der Waals surface area contributed by atoms with Crippen LogP contribution in [-0.2, 0) is 16.1 Å². The van der Waals surface area contributed by atoms with Crippen LogP contribution in [0, 0.1) is 5.92 Å². The van der Waals surface area contributed by atoms with E-state index in [1.807, 2.05) is 6.07 Å². The Bertz CT molecular complexity index is 454. The Morgan fingerprint density at radius 1 is 1.21 bits per heavy atom. The number of carbonyl (C=O) groups is 1. The molecule has 1 saturated carbocycles. The monoisotopic (exact) mass is 302 g/mol. The molecule has 0 aliphatic heterocycles. The Hall–Kier alpha value is -0.770. The van der Waals surface area contributed by atoms with Crippen LogP contribution in [0.1, 0.15) is 31.2 Å². The lowest BCUT2D eigenvalue weighted by Crippen LogP contribution is -2.25. The van der Waals surface area contributed by atoms with E-state index in [4.69, 9.17) is 33.0 Å². The minimum atomic E-state index is -0.692. The number of carboxylic acid groups (broad SMARTS) is 1. The van der Waals surface area contributed by atoms with Gasteiger partial charge >= 0.3 is 5.97 Å². The molecule has 1 N–H and O–H groups in total. The van der Waals surface area contributed by atoms with Gasteiger partial charge in [-0.1, -0.05) is 29.3 Å². The van der Waals surface area contributed by atoms with Gasteiger partial charge in [0.2, 0.25) is 0 Å². The molecule has 0 spiro atoms. The molecule has 104 valence electrons. The summed E-state index contributed by atoms with van der Waals surface area (Å²) in [6.45, 7) is 0.485. The van der Waals surface area contributed by atoms with E-state index in [1.165, 1.54) is 0 Å². The fourth-order valence-corrected chi connectivity index (χ4v) is 2.64. The Labute approximate surface area is 122 Å². The minimum absolute atomic E-state index is 0.144. The van der Waals surface area contributed by atoms with Gasteiger partial charge < -0.3 is 9.84 Å². The number of benzene rings is 1. The number of aliphatic carboxylic acids is 1. The molecule has 5 heteroatoms. The second kappa shape index (κ2) is 6.60. The summed E-state index contributed by atoms with van der Waals surface area (Å²) in [7, 11) is 0. The van der Waals surface area contributed by atoms with E-state index in [9.17, 15) is 4.79 Å². The highest BCUT2D eigenvalue weighted by Gasteiger charge is 2.26. The molecular weight excluding hydrogens is 287 g/mol. The number of carboxylic acids is 1. The summed E-state index contributed by atoms with van der Waals surface area (Å²) in [5, 5.41) is 9.98. The summed E-state index contributed by atoms with van der Waals surface area (Å²) in [6, 6.07) is 5.44. The van der Waals surface area contributed by atoms with E-state index < -0.39 is 5.97 Å². The van der Waals surface area contributed by atoms with Gasteiger partial charge in [0.15, 0.2) is 0 Å². The first-order valence-corrected chi connectivity index (χ1v) is 7.10. The number of hydrogen-bond donors (Lipinski definition) is 1. The zero-order valence-corrected chi connectivity index (χ0v) is 12.0. The summed E-state index contributed by atoms with van der Waals surface area (Å²) in [5.74, 6) is -0.896. The first-order valence-electron chi connectivity index (χ1n) is 6.34. The molecule has 3 nitrogen and oxygen atoms in total. The van der Waals surface area contributed by atoms with Crippen molar-refractivity contribution in [2.45, 2.75) is 38.4 Å². The predicted molar refractivity (Wildman–Crippen MR) is 74.6 cm³/mol. The first-order chi connectivity index (χ1) is 9.06. The van der Waals surface area contributed by atoms with Crippen molar-refractivity contribution >= 4 is 29.2 Å². The maximum Gasteiger partial charge on any atom is 0.306 e. The molecule has 0 radical (unpaired) electrons. The van der Waals surface area contributed by atoms with Crippen LogP contribution in [0.3, 0.4) is 0 Å². The molecule has 19 heavy (non-hydrogen) atoms. The maximum atomic E-state index is 10.8. The van der Waals surface area contributed by atoms with Crippen molar-refractivity contribution in [3.8, 4) is 0 Å². The fraction of sp³-hybridized carbons (Fsp3) is 0.500. The number of rotatable bonds is 4. The second-order valence-corrected chi connectivity index (χ2v) is 5.69. The van der Waals surface area contributed by atoms with E-state index in [-0.39, 0.29) is 12.0 Å². The van der Waals surface area contributed by atoms with Gasteiger partial charge in [0, 0.05) is 0 Å². The molecule has 2 rings (SSSR count). The Kier molecular flexibility index (Phi) is 5.08. The Morgan fingerprint density at radius 2 is 1.89 bits per heavy atom. The Balaban J connectivity index is 1.80. The van der Waals surface area contributed by atoms with E-state index >= 15 is 0 Å². The summed E-state index contributed by atoms with van der Waals surface area (Å²) in [5.41, 5.74) is 0.981. The van der Waals surface area contributed by atoms with E-state index in [2.05, 4.69) is 0 Å². The van der Waals surface area contributed by atoms with Gasteiger partial charge in [-0.15, -0.1) is 0 Å². The highest BCUT2D eigenvalue weighted by molar-refractivity contribution is 6.42. The van der Waals surface area contributed by atoms with Crippen LogP contribution in [0.2, 0.25) is 10.0 Å².